The lowest BCUT2D eigenvalue weighted by Crippen LogP contribution is -2.24. The van der Waals surface area contributed by atoms with Crippen LogP contribution in [0, 0.1) is 6.92 Å². The number of hydrogen-bond donors (Lipinski definition) is 2. The van der Waals surface area contributed by atoms with Gasteiger partial charge in [0.25, 0.3) is 0 Å². The number of fused-ring (bicyclic) bond motifs is 1. The van der Waals surface area contributed by atoms with Crippen molar-refractivity contribution < 1.29 is 9.47 Å². The Balaban J connectivity index is 1.80. The van der Waals surface area contributed by atoms with Crippen LogP contribution in [-0.2, 0) is 13.0 Å². The van der Waals surface area contributed by atoms with Gasteiger partial charge in [-0.1, -0.05) is 30.3 Å². The number of hydrogen-bond acceptors (Lipinski definition) is 4. The van der Waals surface area contributed by atoms with Crippen molar-refractivity contribution in [1.82, 2.24) is 9.99 Å². The van der Waals surface area contributed by atoms with Crippen LogP contribution in [0.1, 0.15) is 16.8 Å². The van der Waals surface area contributed by atoms with E-state index < -0.39 is 0 Å². The summed E-state index contributed by atoms with van der Waals surface area (Å²) in [7, 11) is 1.65. The van der Waals surface area contributed by atoms with Gasteiger partial charge in [0.2, 0.25) is 0 Å². The minimum absolute atomic E-state index is 0.133. The van der Waals surface area contributed by atoms with Crippen molar-refractivity contribution in [3.63, 3.8) is 0 Å². The van der Waals surface area contributed by atoms with Crippen molar-refractivity contribution in [3.05, 3.63) is 71.9 Å². The molecule has 3 N–H and O–H groups in total. The van der Waals surface area contributed by atoms with Gasteiger partial charge in [-0.25, -0.2) is 0 Å². The summed E-state index contributed by atoms with van der Waals surface area (Å²) in [6.07, 6.45) is 4.40. The molecule has 0 unspecified atom stereocenters. The first-order chi connectivity index (χ1) is 14.5. The molecule has 0 spiro atoms. The van der Waals surface area contributed by atoms with Gasteiger partial charge in [-0.15, -0.1) is 6.58 Å². The molecule has 1 heterocycles. The molecule has 0 fully saturated rings. The first-order valence-electron chi connectivity index (χ1n) is 9.62. The summed E-state index contributed by atoms with van der Waals surface area (Å²) in [5, 5.41) is 5.37. The lowest BCUT2D eigenvalue weighted by molar-refractivity contribution is 0.280. The summed E-state index contributed by atoms with van der Waals surface area (Å²) in [5.41, 5.74) is 12.4. The number of nitrogens with zero attached hydrogens (tertiary/aromatic N) is 2. The molecule has 0 aliphatic rings. The largest absolute Gasteiger partial charge is 0.493 e. The number of para-hydroxylation sites is 1. The van der Waals surface area contributed by atoms with E-state index in [1.165, 1.54) is 0 Å². The zero-order valence-corrected chi connectivity index (χ0v) is 18.0. The molecule has 0 aliphatic heterocycles. The SMILES string of the molecule is C=CCc1ccc(OCCn2c(C)c(/C=N/NC(N)=S)c3ccccc32)c(OC)c1. The fraction of sp³-hybridized carbons (Fsp3) is 0.217. The number of nitrogens with two attached hydrogens (primary N) is 1. The van der Waals surface area contributed by atoms with Crippen molar-refractivity contribution in [1.29, 1.82) is 0 Å². The van der Waals surface area contributed by atoms with Gasteiger partial charge in [-0.05, 0) is 49.3 Å². The molecule has 0 radical (unpaired) electrons. The van der Waals surface area contributed by atoms with Gasteiger partial charge >= 0.3 is 0 Å². The molecule has 0 bridgehead atoms. The second-order valence-electron chi connectivity index (χ2n) is 6.73. The summed E-state index contributed by atoms with van der Waals surface area (Å²) < 4.78 is 13.7. The summed E-state index contributed by atoms with van der Waals surface area (Å²) in [6.45, 7) is 7.02. The molecule has 7 heteroatoms. The Bertz CT molecular complexity index is 1090. The standard InChI is InChI=1S/C23H26N4O2S/c1-4-7-17-10-11-21(22(14-17)28-3)29-13-12-27-16(2)19(15-25-26-23(24)30)18-8-5-6-9-20(18)27/h4-6,8-11,14-15H,1,7,12-13H2,2-3H3,(H3,24,26,30)/b25-15+. The molecule has 30 heavy (non-hydrogen) atoms. The average molecular weight is 423 g/mol. The van der Waals surface area contributed by atoms with E-state index >= 15 is 0 Å². The molecule has 3 rings (SSSR count). The Morgan fingerprint density at radius 2 is 2.07 bits per heavy atom. The van der Waals surface area contributed by atoms with Crippen molar-refractivity contribution in [3.8, 4) is 11.5 Å². The van der Waals surface area contributed by atoms with Crippen LogP contribution in [0.5, 0.6) is 11.5 Å². The maximum absolute atomic E-state index is 6.04. The zero-order chi connectivity index (χ0) is 21.5. The zero-order valence-electron chi connectivity index (χ0n) is 17.2. The van der Waals surface area contributed by atoms with Crippen molar-refractivity contribution in [2.24, 2.45) is 10.8 Å². The maximum Gasteiger partial charge on any atom is 0.184 e. The Morgan fingerprint density at radius 3 is 2.80 bits per heavy atom. The molecule has 1 aromatic heterocycles. The molecular formula is C23H26N4O2S. The first-order valence-corrected chi connectivity index (χ1v) is 10.0. The lowest BCUT2D eigenvalue weighted by atomic mass is 10.1. The van der Waals surface area contributed by atoms with Crippen LogP contribution >= 0.6 is 12.2 Å². The van der Waals surface area contributed by atoms with Crippen LogP contribution in [0.3, 0.4) is 0 Å². The number of rotatable bonds is 9. The highest BCUT2D eigenvalue weighted by atomic mass is 32.1. The molecule has 0 amide bonds. The quantitative estimate of drug-likeness (QED) is 0.237. The monoisotopic (exact) mass is 422 g/mol. The van der Waals surface area contributed by atoms with Gasteiger partial charge in [0.05, 0.1) is 19.9 Å². The van der Waals surface area contributed by atoms with E-state index in [0.717, 1.165) is 45.6 Å². The van der Waals surface area contributed by atoms with Crippen molar-refractivity contribution in [2.45, 2.75) is 19.9 Å². The van der Waals surface area contributed by atoms with Crippen LogP contribution in [0.4, 0.5) is 0 Å². The normalized spacial score (nSPS) is 11.0. The topological polar surface area (TPSA) is 73.8 Å². The van der Waals surface area contributed by atoms with E-state index in [1.807, 2.05) is 36.4 Å². The molecule has 6 nitrogen and oxygen atoms in total. The minimum atomic E-state index is 0.133. The number of allylic oxidation sites excluding steroid dienone is 1. The molecule has 2 aromatic carbocycles. The van der Waals surface area contributed by atoms with Crippen LogP contribution in [0.25, 0.3) is 10.9 Å². The van der Waals surface area contributed by atoms with E-state index in [2.05, 4.69) is 40.7 Å². The summed E-state index contributed by atoms with van der Waals surface area (Å²) in [5.74, 6) is 1.45. The molecule has 0 saturated heterocycles. The molecule has 0 aliphatic carbocycles. The van der Waals surface area contributed by atoms with E-state index in [1.54, 1.807) is 13.3 Å². The highest BCUT2D eigenvalue weighted by Gasteiger charge is 2.13. The number of ether oxygens (including phenoxy) is 2. The van der Waals surface area contributed by atoms with E-state index in [-0.39, 0.29) is 5.11 Å². The van der Waals surface area contributed by atoms with Gasteiger partial charge < -0.3 is 19.8 Å². The van der Waals surface area contributed by atoms with Crippen molar-refractivity contribution in [2.75, 3.05) is 13.7 Å². The average Bonchev–Trinajstić information content (AvgIpc) is 3.00. The van der Waals surface area contributed by atoms with Crippen LogP contribution in [0.15, 0.2) is 60.2 Å². The summed E-state index contributed by atoms with van der Waals surface area (Å²) in [4.78, 5) is 0. The Kier molecular flexibility index (Phi) is 7.08. The minimum Gasteiger partial charge on any atom is -0.493 e. The third kappa shape index (κ3) is 4.80. The summed E-state index contributed by atoms with van der Waals surface area (Å²) in [6, 6.07) is 14.1. The Morgan fingerprint density at radius 1 is 1.27 bits per heavy atom. The third-order valence-electron chi connectivity index (χ3n) is 4.83. The second-order valence-corrected chi connectivity index (χ2v) is 7.17. The first kappa shape index (κ1) is 21.4. The molecular weight excluding hydrogens is 396 g/mol. The fourth-order valence-electron chi connectivity index (χ4n) is 3.44. The van der Waals surface area contributed by atoms with E-state index in [4.69, 9.17) is 27.4 Å². The number of nitrogens with one attached hydrogen (secondary N) is 1. The third-order valence-corrected chi connectivity index (χ3v) is 4.92. The fourth-order valence-corrected chi connectivity index (χ4v) is 3.49. The van der Waals surface area contributed by atoms with Gasteiger partial charge in [-0.3, -0.25) is 5.43 Å². The number of thiocarbonyl (C=S) groups is 1. The Hall–Kier alpha value is -3.32. The number of methoxy groups -OCH3 is 1. The number of aromatic nitrogens is 1. The smallest absolute Gasteiger partial charge is 0.184 e. The second kappa shape index (κ2) is 9.93. The number of benzene rings is 2. The van der Waals surface area contributed by atoms with Crippen LogP contribution in [0.2, 0.25) is 0 Å². The number of hydrazone groups is 1. The van der Waals surface area contributed by atoms with Gasteiger partial charge in [0, 0.05) is 22.2 Å². The van der Waals surface area contributed by atoms with Gasteiger partial charge in [0.1, 0.15) is 6.61 Å². The molecule has 0 atom stereocenters. The Labute approximate surface area is 182 Å². The lowest BCUT2D eigenvalue weighted by Gasteiger charge is -2.13. The maximum atomic E-state index is 6.04. The molecule has 3 aromatic rings. The highest BCUT2D eigenvalue weighted by Crippen LogP contribution is 2.29. The molecule has 156 valence electrons. The van der Waals surface area contributed by atoms with Crippen molar-refractivity contribution >= 4 is 34.4 Å². The van der Waals surface area contributed by atoms with Crippen LogP contribution in [-0.4, -0.2) is 29.6 Å². The summed E-state index contributed by atoms with van der Waals surface area (Å²) >= 11 is 4.81. The van der Waals surface area contributed by atoms with Gasteiger partial charge in [-0.2, -0.15) is 5.10 Å². The van der Waals surface area contributed by atoms with Gasteiger partial charge in [0.15, 0.2) is 16.6 Å². The predicted octanol–water partition coefficient (Wildman–Crippen LogP) is 3.93. The van der Waals surface area contributed by atoms with E-state index in [0.29, 0.717) is 13.2 Å². The predicted molar refractivity (Wildman–Crippen MR) is 127 cm³/mol. The van der Waals surface area contributed by atoms with E-state index in [9.17, 15) is 0 Å². The molecule has 0 saturated carbocycles. The highest BCUT2D eigenvalue weighted by molar-refractivity contribution is 7.80. The van der Waals surface area contributed by atoms with Crippen LogP contribution < -0.4 is 20.6 Å².